The molecule has 0 unspecified atom stereocenters. The van der Waals surface area contributed by atoms with Crippen LogP contribution in [0.2, 0.25) is 0 Å². The lowest BCUT2D eigenvalue weighted by Gasteiger charge is -2.06. The molecule has 1 heterocycles. The average Bonchev–Trinajstić information content (AvgIpc) is 3.04. The van der Waals surface area contributed by atoms with Crippen LogP contribution in [0.25, 0.3) is 11.5 Å². The first kappa shape index (κ1) is 18.5. The molecule has 6 heteroatoms. The van der Waals surface area contributed by atoms with E-state index in [1.54, 1.807) is 26.2 Å². The molecule has 3 rings (SSSR count). The Balaban J connectivity index is 1.57. The summed E-state index contributed by atoms with van der Waals surface area (Å²) in [4.78, 5) is 16.6. The third-order valence-electron chi connectivity index (χ3n) is 4.27. The van der Waals surface area contributed by atoms with Gasteiger partial charge in [0, 0.05) is 12.1 Å². The molecule has 6 nitrogen and oxygen atoms in total. The van der Waals surface area contributed by atoms with Crippen LogP contribution >= 0.6 is 0 Å². The van der Waals surface area contributed by atoms with Crippen LogP contribution in [0.5, 0.6) is 11.5 Å². The smallest absolute Gasteiger partial charge is 0.226 e. The largest absolute Gasteiger partial charge is 0.508 e. The number of amides is 1. The van der Waals surface area contributed by atoms with Gasteiger partial charge >= 0.3 is 0 Å². The van der Waals surface area contributed by atoms with Crippen molar-refractivity contribution in [3.63, 3.8) is 0 Å². The highest BCUT2D eigenvalue weighted by Crippen LogP contribution is 2.24. The van der Waals surface area contributed by atoms with Crippen molar-refractivity contribution >= 4 is 5.91 Å². The number of carbonyl (C=O) groups is 1. The maximum Gasteiger partial charge on any atom is 0.226 e. The van der Waals surface area contributed by atoms with Crippen LogP contribution in [0.1, 0.15) is 17.0 Å². The molecule has 0 saturated carbocycles. The second-order valence-corrected chi connectivity index (χ2v) is 6.16. The van der Waals surface area contributed by atoms with E-state index in [4.69, 9.17) is 9.15 Å². The summed E-state index contributed by atoms with van der Waals surface area (Å²) in [5, 5.41) is 12.6. The fraction of sp³-hybridized carbons (Fsp3) is 0.238. The van der Waals surface area contributed by atoms with Gasteiger partial charge in [0.25, 0.3) is 0 Å². The van der Waals surface area contributed by atoms with E-state index in [9.17, 15) is 9.90 Å². The third kappa shape index (κ3) is 4.67. The van der Waals surface area contributed by atoms with E-state index in [1.807, 2.05) is 36.4 Å². The van der Waals surface area contributed by atoms with Crippen molar-refractivity contribution in [2.75, 3.05) is 13.7 Å². The van der Waals surface area contributed by atoms with Gasteiger partial charge in [0.15, 0.2) is 0 Å². The van der Waals surface area contributed by atoms with Gasteiger partial charge in [0.1, 0.15) is 17.3 Å². The number of benzene rings is 2. The normalized spacial score (nSPS) is 10.6. The van der Waals surface area contributed by atoms with E-state index in [0.717, 1.165) is 16.9 Å². The Labute approximate surface area is 157 Å². The molecule has 0 radical (unpaired) electrons. The predicted molar refractivity (Wildman–Crippen MR) is 102 cm³/mol. The number of aromatic hydroxyl groups is 1. The minimum atomic E-state index is -0.136. The zero-order valence-corrected chi connectivity index (χ0v) is 15.4. The van der Waals surface area contributed by atoms with Gasteiger partial charge in [-0.05, 0) is 49.2 Å². The molecule has 1 amide bonds. The Morgan fingerprint density at radius 1 is 1.19 bits per heavy atom. The van der Waals surface area contributed by atoms with Crippen LogP contribution in [0.3, 0.4) is 0 Å². The monoisotopic (exact) mass is 366 g/mol. The molecule has 140 valence electrons. The zero-order valence-electron chi connectivity index (χ0n) is 15.4. The molecule has 3 aromatic rings. The molecule has 0 aliphatic rings. The number of hydrogen-bond donors (Lipinski definition) is 2. The number of phenolic OH excluding ortho intramolecular Hbond substituents is 1. The summed E-state index contributed by atoms with van der Waals surface area (Å²) in [5.41, 5.74) is 2.24. The highest BCUT2D eigenvalue weighted by molar-refractivity contribution is 5.78. The number of aryl methyl sites for hydroxylation is 1. The molecule has 2 N–H and O–H groups in total. The Hall–Kier alpha value is -3.28. The standard InChI is InChI=1S/C21H22N2O4/c1-14-18(23-21(27-14)16-7-9-17(26-2)10-8-16)13-20(25)22-12-11-15-5-3-4-6-19(15)24/h3-10,24H,11-13H2,1-2H3,(H,22,25). The van der Waals surface area contributed by atoms with Crippen LogP contribution < -0.4 is 10.1 Å². The number of ether oxygens (including phenoxy) is 1. The molecule has 0 aliphatic carbocycles. The van der Waals surface area contributed by atoms with Crippen molar-refractivity contribution in [2.45, 2.75) is 19.8 Å². The molecular weight excluding hydrogens is 344 g/mol. The summed E-state index contributed by atoms with van der Waals surface area (Å²) in [6.45, 7) is 2.24. The number of rotatable bonds is 7. The maximum atomic E-state index is 12.2. The molecule has 2 aromatic carbocycles. The van der Waals surface area contributed by atoms with Gasteiger partial charge in [-0.15, -0.1) is 0 Å². The predicted octanol–water partition coefficient (Wildman–Crippen LogP) is 3.27. The molecule has 27 heavy (non-hydrogen) atoms. The topological polar surface area (TPSA) is 84.6 Å². The summed E-state index contributed by atoms with van der Waals surface area (Å²) in [5.74, 6) is 1.96. The van der Waals surface area contributed by atoms with Crippen LogP contribution in [-0.4, -0.2) is 29.7 Å². The Kier molecular flexibility index (Phi) is 5.76. The summed E-state index contributed by atoms with van der Waals surface area (Å²) in [6.07, 6.45) is 0.708. The Morgan fingerprint density at radius 3 is 2.63 bits per heavy atom. The molecule has 1 aromatic heterocycles. The minimum Gasteiger partial charge on any atom is -0.508 e. The molecular formula is C21H22N2O4. The second-order valence-electron chi connectivity index (χ2n) is 6.16. The number of phenols is 1. The van der Waals surface area contributed by atoms with Crippen molar-refractivity contribution in [2.24, 2.45) is 0 Å². The van der Waals surface area contributed by atoms with E-state index in [1.165, 1.54) is 0 Å². The van der Waals surface area contributed by atoms with Crippen molar-refractivity contribution in [3.05, 3.63) is 65.5 Å². The lowest BCUT2D eigenvalue weighted by molar-refractivity contribution is -0.120. The minimum absolute atomic E-state index is 0.136. The first-order chi connectivity index (χ1) is 13.1. The Morgan fingerprint density at radius 2 is 1.93 bits per heavy atom. The summed E-state index contributed by atoms with van der Waals surface area (Å²) >= 11 is 0. The number of nitrogens with zero attached hydrogens (tertiary/aromatic N) is 1. The number of hydrogen-bond acceptors (Lipinski definition) is 5. The molecule has 0 atom stereocenters. The van der Waals surface area contributed by atoms with Crippen molar-refractivity contribution < 1.29 is 19.1 Å². The highest BCUT2D eigenvalue weighted by atomic mass is 16.5. The number of nitrogens with one attached hydrogen (secondary N) is 1. The number of carbonyl (C=O) groups excluding carboxylic acids is 1. The molecule has 0 fully saturated rings. The van der Waals surface area contributed by atoms with Gasteiger partial charge < -0.3 is 19.6 Å². The van der Waals surface area contributed by atoms with Crippen LogP contribution in [-0.2, 0) is 17.6 Å². The number of aromatic nitrogens is 1. The first-order valence-corrected chi connectivity index (χ1v) is 8.71. The van der Waals surface area contributed by atoms with Gasteiger partial charge in [0.05, 0.1) is 19.2 Å². The Bertz CT molecular complexity index is 916. The van der Waals surface area contributed by atoms with Gasteiger partial charge in [0.2, 0.25) is 11.8 Å². The lowest BCUT2D eigenvalue weighted by Crippen LogP contribution is -2.27. The fourth-order valence-corrected chi connectivity index (χ4v) is 2.72. The van der Waals surface area contributed by atoms with Crippen LogP contribution in [0, 0.1) is 6.92 Å². The number of oxazole rings is 1. The molecule has 0 saturated heterocycles. The van der Waals surface area contributed by atoms with E-state index in [-0.39, 0.29) is 18.1 Å². The van der Waals surface area contributed by atoms with Gasteiger partial charge in [-0.25, -0.2) is 4.98 Å². The number of methoxy groups -OCH3 is 1. The molecule has 0 aliphatic heterocycles. The summed E-state index contributed by atoms with van der Waals surface area (Å²) in [7, 11) is 1.61. The maximum absolute atomic E-state index is 12.2. The first-order valence-electron chi connectivity index (χ1n) is 8.71. The van der Waals surface area contributed by atoms with Crippen LogP contribution in [0.15, 0.2) is 52.9 Å². The third-order valence-corrected chi connectivity index (χ3v) is 4.27. The van der Waals surface area contributed by atoms with E-state index >= 15 is 0 Å². The summed E-state index contributed by atoms with van der Waals surface area (Å²) in [6, 6.07) is 14.5. The lowest BCUT2D eigenvalue weighted by atomic mass is 10.1. The number of para-hydroxylation sites is 1. The van der Waals surface area contributed by atoms with Crippen LogP contribution in [0.4, 0.5) is 0 Å². The van der Waals surface area contributed by atoms with E-state index < -0.39 is 0 Å². The van der Waals surface area contributed by atoms with Gasteiger partial charge in [-0.2, -0.15) is 0 Å². The van der Waals surface area contributed by atoms with Gasteiger partial charge in [-0.3, -0.25) is 4.79 Å². The molecule has 0 spiro atoms. The fourth-order valence-electron chi connectivity index (χ4n) is 2.72. The van der Waals surface area contributed by atoms with Crippen molar-refractivity contribution in [1.29, 1.82) is 0 Å². The van der Waals surface area contributed by atoms with Gasteiger partial charge in [-0.1, -0.05) is 18.2 Å². The summed E-state index contributed by atoms with van der Waals surface area (Å²) < 4.78 is 10.8. The van der Waals surface area contributed by atoms with E-state index in [2.05, 4.69) is 10.3 Å². The van der Waals surface area contributed by atoms with Crippen molar-refractivity contribution in [3.8, 4) is 23.0 Å². The highest BCUT2D eigenvalue weighted by Gasteiger charge is 2.15. The molecule has 0 bridgehead atoms. The quantitative estimate of drug-likeness (QED) is 0.670. The van der Waals surface area contributed by atoms with E-state index in [0.29, 0.717) is 30.3 Å². The SMILES string of the molecule is COc1ccc(-c2nc(CC(=O)NCCc3ccccc3O)c(C)o2)cc1. The zero-order chi connectivity index (χ0) is 19.2. The van der Waals surface area contributed by atoms with Crippen molar-refractivity contribution in [1.82, 2.24) is 10.3 Å². The average molecular weight is 366 g/mol. The second kappa shape index (κ2) is 8.40.